The van der Waals surface area contributed by atoms with Gasteiger partial charge >= 0.3 is 0 Å². The Morgan fingerprint density at radius 2 is 1.61 bits per heavy atom. The first kappa shape index (κ1) is 21.9. The largest absolute Gasteiger partial charge is 0.367 e. The summed E-state index contributed by atoms with van der Waals surface area (Å²) in [5.74, 6) is 4.94. The van der Waals surface area contributed by atoms with Crippen molar-refractivity contribution in [1.29, 1.82) is 0 Å². The second-order valence-corrected chi connectivity index (χ2v) is 5.46. The van der Waals surface area contributed by atoms with Crippen LogP contribution in [-0.2, 0) is 14.3 Å². The van der Waals surface area contributed by atoms with Gasteiger partial charge in [0, 0.05) is 19.6 Å². The molecule has 0 aliphatic rings. The molecule has 0 aliphatic heterocycles. The van der Waals surface area contributed by atoms with Crippen LogP contribution in [0.15, 0.2) is 0 Å². The van der Waals surface area contributed by atoms with Crippen LogP contribution in [0.25, 0.3) is 0 Å². The second kappa shape index (κ2) is 17.3. The quantitative estimate of drug-likeness (QED) is 0.261. The molecule has 0 saturated carbocycles. The summed E-state index contributed by atoms with van der Waals surface area (Å²) in [6.45, 7) is 5.24. The number of carbonyl (C=O) groups excluding carboxylic acids is 1. The van der Waals surface area contributed by atoms with Crippen molar-refractivity contribution in [3.8, 4) is 24.7 Å². The number of amides is 1. The van der Waals surface area contributed by atoms with Crippen LogP contribution in [0.2, 0.25) is 0 Å². The summed E-state index contributed by atoms with van der Waals surface area (Å²) < 4.78 is 10.6. The molecule has 0 aliphatic carbocycles. The first-order valence-corrected chi connectivity index (χ1v) is 8.94. The maximum atomic E-state index is 11.1. The van der Waals surface area contributed by atoms with E-state index in [1.165, 1.54) is 0 Å². The molecule has 0 fully saturated rings. The lowest BCUT2D eigenvalue weighted by Crippen LogP contribution is -2.32. The van der Waals surface area contributed by atoms with E-state index in [4.69, 9.17) is 22.3 Å². The van der Waals surface area contributed by atoms with Gasteiger partial charge in [-0.05, 0) is 19.4 Å². The third-order valence-corrected chi connectivity index (χ3v) is 3.58. The Labute approximate surface area is 148 Å². The van der Waals surface area contributed by atoms with Gasteiger partial charge in [-0.2, -0.15) is 0 Å². The maximum absolute atomic E-state index is 11.1. The SMILES string of the molecule is C#CCOCCN(CCCCCNC(=O)CBr)CCOCC#C. The highest BCUT2D eigenvalue weighted by Crippen LogP contribution is 1.99. The van der Waals surface area contributed by atoms with Crippen molar-refractivity contribution in [3.63, 3.8) is 0 Å². The molecule has 6 heteroatoms. The summed E-state index contributed by atoms with van der Waals surface area (Å²) in [6.07, 6.45) is 13.4. The third kappa shape index (κ3) is 15.6. The van der Waals surface area contributed by atoms with Gasteiger partial charge in [0.1, 0.15) is 13.2 Å². The molecule has 0 unspecified atom stereocenters. The normalized spacial score (nSPS) is 10.3. The van der Waals surface area contributed by atoms with Crippen molar-refractivity contribution in [1.82, 2.24) is 10.2 Å². The van der Waals surface area contributed by atoms with Gasteiger partial charge in [0.25, 0.3) is 0 Å². The van der Waals surface area contributed by atoms with Gasteiger partial charge in [-0.25, -0.2) is 0 Å². The summed E-state index contributed by atoms with van der Waals surface area (Å²) in [5.41, 5.74) is 0. The number of rotatable bonds is 15. The highest BCUT2D eigenvalue weighted by atomic mass is 79.9. The molecule has 5 nitrogen and oxygen atoms in total. The minimum atomic E-state index is 0.0305. The molecule has 1 N–H and O–H groups in total. The van der Waals surface area contributed by atoms with Crippen LogP contribution in [0.3, 0.4) is 0 Å². The fraction of sp³-hybridized carbons (Fsp3) is 0.706. The predicted molar refractivity (Wildman–Crippen MR) is 96.4 cm³/mol. The zero-order chi connectivity index (χ0) is 17.2. The lowest BCUT2D eigenvalue weighted by atomic mass is 10.2. The van der Waals surface area contributed by atoms with Crippen LogP contribution < -0.4 is 5.32 Å². The summed E-state index contributed by atoms with van der Waals surface area (Å²) in [6, 6.07) is 0. The Kier molecular flexibility index (Phi) is 16.5. The lowest BCUT2D eigenvalue weighted by molar-refractivity contribution is -0.118. The predicted octanol–water partition coefficient (Wildman–Crippen LogP) is 1.27. The molecule has 130 valence electrons. The average molecular weight is 387 g/mol. The second-order valence-electron chi connectivity index (χ2n) is 4.90. The van der Waals surface area contributed by atoms with E-state index in [2.05, 4.69) is 38.0 Å². The standard InChI is InChI=1S/C17H27BrN2O3/c1-3-12-22-14-10-20(11-15-23-13-4-2)9-7-5-6-8-19-17(21)16-18/h1-2H,5-16H2,(H,19,21). The van der Waals surface area contributed by atoms with Crippen molar-refractivity contribution in [2.45, 2.75) is 19.3 Å². The van der Waals surface area contributed by atoms with Gasteiger partial charge in [0.2, 0.25) is 5.91 Å². The molecular weight excluding hydrogens is 360 g/mol. The Bertz CT molecular complexity index is 355. The van der Waals surface area contributed by atoms with Gasteiger partial charge in [-0.1, -0.05) is 34.2 Å². The third-order valence-electron chi connectivity index (χ3n) is 3.07. The van der Waals surface area contributed by atoms with Crippen molar-refractivity contribution < 1.29 is 14.3 Å². The average Bonchev–Trinajstić information content (AvgIpc) is 2.57. The number of alkyl halides is 1. The Morgan fingerprint density at radius 1 is 1.00 bits per heavy atom. The molecule has 0 heterocycles. The fourth-order valence-electron chi connectivity index (χ4n) is 1.90. The monoisotopic (exact) mass is 386 g/mol. The number of hydrogen-bond acceptors (Lipinski definition) is 4. The van der Waals surface area contributed by atoms with E-state index in [1.54, 1.807) is 0 Å². The smallest absolute Gasteiger partial charge is 0.230 e. The molecule has 0 rings (SSSR count). The van der Waals surface area contributed by atoms with E-state index in [0.29, 0.717) is 31.8 Å². The molecule has 1 amide bonds. The summed E-state index contributed by atoms with van der Waals surface area (Å²) >= 11 is 3.12. The van der Waals surface area contributed by atoms with E-state index < -0.39 is 0 Å². The van der Waals surface area contributed by atoms with Gasteiger partial charge in [0.15, 0.2) is 0 Å². The lowest BCUT2D eigenvalue weighted by Gasteiger charge is -2.21. The molecule has 0 aromatic carbocycles. The van der Waals surface area contributed by atoms with E-state index in [0.717, 1.165) is 45.4 Å². The van der Waals surface area contributed by atoms with E-state index in [9.17, 15) is 4.79 Å². The number of unbranched alkanes of at least 4 members (excludes halogenated alkanes) is 2. The van der Waals surface area contributed by atoms with E-state index in [1.807, 2.05) is 0 Å². The molecule has 0 spiro atoms. The van der Waals surface area contributed by atoms with Crippen LogP contribution in [-0.4, -0.2) is 68.7 Å². The van der Waals surface area contributed by atoms with Gasteiger partial charge in [-0.15, -0.1) is 12.8 Å². The summed E-state index contributed by atoms with van der Waals surface area (Å²) in [7, 11) is 0. The minimum absolute atomic E-state index is 0.0305. The molecule has 23 heavy (non-hydrogen) atoms. The van der Waals surface area contributed by atoms with E-state index in [-0.39, 0.29) is 5.91 Å². The minimum Gasteiger partial charge on any atom is -0.367 e. The molecule has 0 saturated heterocycles. The number of halogens is 1. The number of nitrogens with zero attached hydrogens (tertiary/aromatic N) is 1. The summed E-state index contributed by atoms with van der Waals surface area (Å²) in [4.78, 5) is 13.4. The van der Waals surface area contributed by atoms with Crippen LogP contribution in [0.1, 0.15) is 19.3 Å². The zero-order valence-corrected chi connectivity index (χ0v) is 15.3. The fourth-order valence-corrected chi connectivity index (χ4v) is 2.10. The first-order chi connectivity index (χ1) is 11.2. The van der Waals surface area contributed by atoms with Crippen LogP contribution in [0, 0.1) is 24.7 Å². The highest BCUT2D eigenvalue weighted by molar-refractivity contribution is 9.09. The first-order valence-electron chi connectivity index (χ1n) is 7.82. The Hall–Kier alpha value is -1.05. The number of ether oxygens (including phenoxy) is 2. The topological polar surface area (TPSA) is 50.8 Å². The Morgan fingerprint density at radius 3 is 2.13 bits per heavy atom. The van der Waals surface area contributed by atoms with Crippen molar-refractivity contribution in [3.05, 3.63) is 0 Å². The molecular formula is C17H27BrN2O3. The van der Waals surface area contributed by atoms with Crippen molar-refractivity contribution in [2.24, 2.45) is 0 Å². The van der Waals surface area contributed by atoms with Gasteiger partial charge < -0.3 is 14.8 Å². The molecule has 0 aromatic rings. The van der Waals surface area contributed by atoms with Gasteiger partial charge in [0.05, 0.1) is 18.5 Å². The number of nitrogens with one attached hydrogen (secondary N) is 1. The van der Waals surface area contributed by atoms with E-state index >= 15 is 0 Å². The number of carbonyl (C=O) groups is 1. The molecule has 0 bridgehead atoms. The zero-order valence-electron chi connectivity index (χ0n) is 13.7. The van der Waals surface area contributed by atoms with Crippen LogP contribution in [0.5, 0.6) is 0 Å². The van der Waals surface area contributed by atoms with Gasteiger partial charge in [-0.3, -0.25) is 9.69 Å². The van der Waals surface area contributed by atoms with Crippen molar-refractivity contribution in [2.75, 3.05) is 57.9 Å². The maximum Gasteiger partial charge on any atom is 0.230 e. The van der Waals surface area contributed by atoms with Crippen molar-refractivity contribution >= 4 is 21.8 Å². The van der Waals surface area contributed by atoms with Crippen LogP contribution >= 0.6 is 15.9 Å². The number of terminal acetylenes is 2. The van der Waals surface area contributed by atoms with Crippen LogP contribution in [0.4, 0.5) is 0 Å². The summed E-state index contributed by atoms with van der Waals surface area (Å²) in [5, 5.41) is 3.20. The highest BCUT2D eigenvalue weighted by Gasteiger charge is 2.05. The molecule has 0 aromatic heterocycles. The molecule has 0 atom stereocenters. The number of hydrogen-bond donors (Lipinski definition) is 1. The molecule has 0 radical (unpaired) electrons. The Balaban J connectivity index is 3.79.